The summed E-state index contributed by atoms with van der Waals surface area (Å²) in [5, 5.41) is 0. The van der Waals surface area contributed by atoms with Gasteiger partial charge in [0, 0.05) is 12.1 Å². The quantitative estimate of drug-likeness (QED) is 0.912. The molecule has 0 spiro atoms. The summed E-state index contributed by atoms with van der Waals surface area (Å²) >= 11 is 0. The zero-order valence-electron chi connectivity index (χ0n) is 11.2. The van der Waals surface area contributed by atoms with E-state index in [2.05, 4.69) is 4.90 Å². The van der Waals surface area contributed by atoms with Gasteiger partial charge in [-0.2, -0.15) is 0 Å². The van der Waals surface area contributed by atoms with Gasteiger partial charge in [-0.05, 0) is 32.0 Å². The molecule has 0 bridgehead atoms. The van der Waals surface area contributed by atoms with Crippen LogP contribution in [0.2, 0.25) is 0 Å². The summed E-state index contributed by atoms with van der Waals surface area (Å²) in [5.41, 5.74) is 6.21. The van der Waals surface area contributed by atoms with Crippen LogP contribution in [0.3, 0.4) is 0 Å². The van der Waals surface area contributed by atoms with Crippen LogP contribution in [0, 0.1) is 11.6 Å². The molecule has 4 heteroatoms. The Morgan fingerprint density at radius 2 is 1.68 bits per heavy atom. The molecule has 1 atom stereocenters. The molecule has 1 aromatic rings. The molecule has 1 saturated heterocycles. The standard InChI is InChI=1S/C15H22F2N2/c16-13-8-6-7-12(15(13)17)14(11-18)19-9-4-2-1-3-5-10-19/h6-8,14H,1-5,9-11,18H2. The summed E-state index contributed by atoms with van der Waals surface area (Å²) in [5.74, 6) is -1.54. The van der Waals surface area contributed by atoms with Gasteiger partial charge in [-0.25, -0.2) is 8.78 Å². The second-order valence-corrected chi connectivity index (χ2v) is 5.20. The second kappa shape index (κ2) is 6.96. The van der Waals surface area contributed by atoms with Gasteiger partial charge in [0.05, 0.1) is 6.04 Å². The lowest BCUT2D eigenvalue weighted by atomic mass is 10.0. The zero-order valence-corrected chi connectivity index (χ0v) is 11.2. The number of likely N-dealkylation sites (tertiary alicyclic amines) is 1. The first-order chi connectivity index (χ1) is 9.24. The van der Waals surface area contributed by atoms with Gasteiger partial charge in [-0.3, -0.25) is 4.90 Å². The molecule has 1 heterocycles. The Morgan fingerprint density at radius 3 is 2.32 bits per heavy atom. The highest BCUT2D eigenvalue weighted by molar-refractivity contribution is 5.23. The molecule has 1 fully saturated rings. The molecule has 0 saturated carbocycles. The van der Waals surface area contributed by atoms with E-state index >= 15 is 0 Å². The van der Waals surface area contributed by atoms with Crippen LogP contribution < -0.4 is 5.73 Å². The molecule has 106 valence electrons. The van der Waals surface area contributed by atoms with Crippen molar-refractivity contribution in [2.75, 3.05) is 19.6 Å². The molecule has 0 amide bonds. The molecule has 2 nitrogen and oxygen atoms in total. The lowest BCUT2D eigenvalue weighted by Crippen LogP contribution is -2.36. The summed E-state index contributed by atoms with van der Waals surface area (Å²) in [6.45, 7) is 2.15. The van der Waals surface area contributed by atoms with Crippen LogP contribution in [0.5, 0.6) is 0 Å². The molecule has 1 aliphatic rings. The third-order valence-corrected chi connectivity index (χ3v) is 3.90. The lowest BCUT2D eigenvalue weighted by molar-refractivity contribution is 0.179. The summed E-state index contributed by atoms with van der Waals surface area (Å²) in [7, 11) is 0. The second-order valence-electron chi connectivity index (χ2n) is 5.20. The number of halogens is 2. The smallest absolute Gasteiger partial charge is 0.163 e. The van der Waals surface area contributed by atoms with Crippen LogP contribution in [0.4, 0.5) is 8.78 Å². The van der Waals surface area contributed by atoms with E-state index < -0.39 is 11.6 Å². The third kappa shape index (κ3) is 3.51. The molecule has 1 unspecified atom stereocenters. The number of hydrogen-bond acceptors (Lipinski definition) is 2. The molecule has 19 heavy (non-hydrogen) atoms. The Morgan fingerprint density at radius 1 is 1.05 bits per heavy atom. The fraction of sp³-hybridized carbons (Fsp3) is 0.600. The Bertz CT molecular complexity index is 401. The van der Waals surface area contributed by atoms with Crippen molar-refractivity contribution in [2.45, 2.75) is 38.1 Å². The first-order valence-electron chi connectivity index (χ1n) is 7.12. The van der Waals surface area contributed by atoms with E-state index in [9.17, 15) is 8.78 Å². The van der Waals surface area contributed by atoms with Crippen molar-refractivity contribution >= 4 is 0 Å². The van der Waals surface area contributed by atoms with Gasteiger partial charge in [-0.1, -0.05) is 31.4 Å². The van der Waals surface area contributed by atoms with Crippen molar-refractivity contribution in [3.05, 3.63) is 35.4 Å². The number of benzene rings is 1. The van der Waals surface area contributed by atoms with Crippen molar-refractivity contribution in [2.24, 2.45) is 5.73 Å². The average Bonchev–Trinajstić information content (AvgIpc) is 2.37. The van der Waals surface area contributed by atoms with E-state index in [-0.39, 0.29) is 6.04 Å². The van der Waals surface area contributed by atoms with Crippen molar-refractivity contribution < 1.29 is 8.78 Å². The van der Waals surface area contributed by atoms with E-state index in [1.807, 2.05) is 0 Å². The van der Waals surface area contributed by atoms with Gasteiger partial charge < -0.3 is 5.73 Å². The van der Waals surface area contributed by atoms with Crippen LogP contribution in [0.25, 0.3) is 0 Å². The first kappa shape index (κ1) is 14.4. The summed E-state index contributed by atoms with van der Waals surface area (Å²) in [6.07, 6.45) is 5.90. The predicted octanol–water partition coefficient (Wildman–Crippen LogP) is 3.23. The Labute approximate surface area is 113 Å². The van der Waals surface area contributed by atoms with Crippen molar-refractivity contribution in [3.63, 3.8) is 0 Å². The highest BCUT2D eigenvalue weighted by Gasteiger charge is 2.23. The fourth-order valence-electron chi connectivity index (χ4n) is 2.83. The highest BCUT2D eigenvalue weighted by atomic mass is 19.2. The maximum atomic E-state index is 13.9. The van der Waals surface area contributed by atoms with E-state index in [1.54, 1.807) is 12.1 Å². The topological polar surface area (TPSA) is 29.3 Å². The van der Waals surface area contributed by atoms with Crippen LogP contribution in [0.15, 0.2) is 18.2 Å². The van der Waals surface area contributed by atoms with Crippen LogP contribution in [0.1, 0.15) is 43.7 Å². The number of hydrogen-bond donors (Lipinski definition) is 1. The van der Waals surface area contributed by atoms with Crippen molar-refractivity contribution in [3.8, 4) is 0 Å². The van der Waals surface area contributed by atoms with Crippen LogP contribution >= 0.6 is 0 Å². The van der Waals surface area contributed by atoms with Gasteiger partial charge in [0.15, 0.2) is 11.6 Å². The SMILES string of the molecule is NCC(c1cccc(F)c1F)N1CCCCCCC1. The number of nitrogens with zero attached hydrogens (tertiary/aromatic N) is 1. The highest BCUT2D eigenvalue weighted by Crippen LogP contribution is 2.26. The maximum absolute atomic E-state index is 13.9. The van der Waals surface area contributed by atoms with Crippen molar-refractivity contribution in [1.29, 1.82) is 0 Å². The number of nitrogens with two attached hydrogens (primary N) is 1. The Balaban J connectivity index is 2.19. The van der Waals surface area contributed by atoms with Gasteiger partial charge in [0.25, 0.3) is 0 Å². The zero-order chi connectivity index (χ0) is 13.7. The minimum absolute atomic E-state index is 0.214. The molecule has 1 aromatic carbocycles. The molecule has 0 aliphatic carbocycles. The van der Waals surface area contributed by atoms with Gasteiger partial charge in [0.1, 0.15) is 0 Å². The molecule has 0 aromatic heterocycles. The summed E-state index contributed by atoms with van der Waals surface area (Å²) in [4.78, 5) is 2.21. The fourth-order valence-corrected chi connectivity index (χ4v) is 2.83. The van der Waals surface area contributed by atoms with Crippen LogP contribution in [-0.2, 0) is 0 Å². The largest absolute Gasteiger partial charge is 0.329 e. The average molecular weight is 268 g/mol. The maximum Gasteiger partial charge on any atom is 0.163 e. The van der Waals surface area contributed by atoms with Gasteiger partial charge in [-0.15, -0.1) is 0 Å². The van der Waals surface area contributed by atoms with Gasteiger partial charge in [0.2, 0.25) is 0 Å². The molecular weight excluding hydrogens is 246 g/mol. The summed E-state index contributed by atoms with van der Waals surface area (Å²) in [6, 6.07) is 4.14. The normalized spacial score (nSPS) is 19.7. The van der Waals surface area contributed by atoms with Crippen LogP contribution in [-0.4, -0.2) is 24.5 Å². The first-order valence-corrected chi connectivity index (χ1v) is 7.12. The molecule has 2 rings (SSSR count). The molecule has 1 aliphatic heterocycles. The van der Waals surface area contributed by atoms with E-state index in [1.165, 1.54) is 19.3 Å². The molecular formula is C15H22F2N2. The predicted molar refractivity (Wildman–Crippen MR) is 72.8 cm³/mol. The monoisotopic (exact) mass is 268 g/mol. The molecule has 0 radical (unpaired) electrons. The lowest BCUT2D eigenvalue weighted by Gasteiger charge is -2.32. The Kier molecular flexibility index (Phi) is 5.28. The summed E-state index contributed by atoms with van der Waals surface area (Å²) < 4.78 is 27.3. The minimum Gasteiger partial charge on any atom is -0.329 e. The Hall–Kier alpha value is -1.00. The number of rotatable bonds is 3. The van der Waals surface area contributed by atoms with Gasteiger partial charge >= 0.3 is 0 Å². The third-order valence-electron chi connectivity index (χ3n) is 3.90. The minimum atomic E-state index is -0.789. The molecule has 2 N–H and O–H groups in total. The van der Waals surface area contributed by atoms with Crippen molar-refractivity contribution in [1.82, 2.24) is 4.90 Å². The van der Waals surface area contributed by atoms with E-state index in [0.717, 1.165) is 32.0 Å². The van der Waals surface area contributed by atoms with E-state index in [0.29, 0.717) is 12.1 Å². The van der Waals surface area contributed by atoms with E-state index in [4.69, 9.17) is 5.73 Å².